The summed E-state index contributed by atoms with van der Waals surface area (Å²) in [5, 5.41) is 33.0. The van der Waals surface area contributed by atoms with Crippen molar-refractivity contribution in [2.75, 3.05) is 5.75 Å². The van der Waals surface area contributed by atoms with E-state index in [2.05, 4.69) is 20.7 Å². The molecule has 0 aliphatic heterocycles. The molecule has 1 amide bonds. The molecule has 1 aromatic heterocycles. The van der Waals surface area contributed by atoms with Crippen LogP contribution in [0.2, 0.25) is 10.0 Å². The van der Waals surface area contributed by atoms with Crippen molar-refractivity contribution in [3.63, 3.8) is 0 Å². The molecule has 0 spiro atoms. The highest BCUT2D eigenvalue weighted by molar-refractivity contribution is 7.99. The van der Waals surface area contributed by atoms with Gasteiger partial charge >= 0.3 is 0 Å². The third-order valence-electron chi connectivity index (χ3n) is 4.56. The van der Waals surface area contributed by atoms with E-state index in [1.54, 1.807) is 30.3 Å². The summed E-state index contributed by atoms with van der Waals surface area (Å²) in [4.78, 5) is 12.3. The zero-order valence-electron chi connectivity index (χ0n) is 17.4. The smallest absolute Gasteiger partial charge is 0.250 e. The van der Waals surface area contributed by atoms with Crippen LogP contribution in [-0.4, -0.2) is 42.9 Å². The highest BCUT2D eigenvalue weighted by atomic mass is 35.5. The van der Waals surface area contributed by atoms with Gasteiger partial charge in [-0.3, -0.25) is 9.36 Å². The Morgan fingerprint density at radius 3 is 2.32 bits per heavy atom. The van der Waals surface area contributed by atoms with Crippen molar-refractivity contribution in [1.29, 1.82) is 0 Å². The molecule has 0 bridgehead atoms. The molecule has 0 aliphatic rings. The first-order chi connectivity index (χ1) is 16.4. The van der Waals surface area contributed by atoms with E-state index >= 15 is 0 Å². The van der Waals surface area contributed by atoms with Crippen LogP contribution in [0.3, 0.4) is 0 Å². The summed E-state index contributed by atoms with van der Waals surface area (Å²) in [5.74, 6) is -0.246. The Balaban J connectivity index is 1.50. The fraction of sp³-hybridized carbons (Fsp3) is 0.0435. The minimum absolute atomic E-state index is 0.0323. The molecule has 3 N–H and O–H groups in total. The Labute approximate surface area is 208 Å². The van der Waals surface area contributed by atoms with Crippen molar-refractivity contribution < 1.29 is 15.0 Å². The van der Waals surface area contributed by atoms with Crippen molar-refractivity contribution in [2.45, 2.75) is 5.16 Å². The maximum atomic E-state index is 12.3. The second kappa shape index (κ2) is 10.6. The van der Waals surface area contributed by atoms with Gasteiger partial charge in [-0.1, -0.05) is 35.0 Å². The van der Waals surface area contributed by atoms with E-state index < -0.39 is 0 Å². The molecule has 172 valence electrons. The number of phenolic OH excluding ortho intramolecular Hbond substituents is 2. The van der Waals surface area contributed by atoms with Crippen molar-refractivity contribution in [3.05, 3.63) is 82.3 Å². The lowest BCUT2D eigenvalue weighted by Gasteiger charge is -2.10. The van der Waals surface area contributed by atoms with Gasteiger partial charge in [-0.05, 0) is 72.3 Å². The maximum absolute atomic E-state index is 12.3. The molecule has 0 fully saturated rings. The lowest BCUT2D eigenvalue weighted by atomic mass is 10.2. The highest BCUT2D eigenvalue weighted by Gasteiger charge is 2.17. The Morgan fingerprint density at radius 2 is 1.65 bits per heavy atom. The lowest BCUT2D eigenvalue weighted by Crippen LogP contribution is -2.20. The highest BCUT2D eigenvalue weighted by Crippen LogP contribution is 2.29. The SMILES string of the molecule is O=C(CSc1nnc(-c2ccc(Cl)cc2)n1-c1ccc(Cl)cc1)NN=Cc1ccc(O)c(O)c1. The Morgan fingerprint density at radius 1 is 0.971 bits per heavy atom. The molecule has 4 aromatic rings. The molecule has 0 saturated carbocycles. The number of benzene rings is 3. The summed E-state index contributed by atoms with van der Waals surface area (Å²) in [6, 6.07) is 18.6. The molecule has 3 aromatic carbocycles. The van der Waals surface area contributed by atoms with Crippen LogP contribution < -0.4 is 5.43 Å². The van der Waals surface area contributed by atoms with E-state index in [4.69, 9.17) is 23.2 Å². The number of carbonyl (C=O) groups excluding carboxylic acids is 1. The number of nitrogens with one attached hydrogen (secondary N) is 1. The van der Waals surface area contributed by atoms with Gasteiger partial charge in [0, 0.05) is 21.3 Å². The molecular formula is C23H17Cl2N5O3S. The van der Waals surface area contributed by atoms with Crippen molar-refractivity contribution in [2.24, 2.45) is 5.10 Å². The average molecular weight is 514 g/mol. The van der Waals surface area contributed by atoms with E-state index in [0.717, 1.165) is 11.3 Å². The Bertz CT molecular complexity index is 1340. The lowest BCUT2D eigenvalue weighted by molar-refractivity contribution is -0.118. The maximum Gasteiger partial charge on any atom is 0.250 e. The number of thioether (sulfide) groups is 1. The number of phenols is 2. The number of hydrogen-bond donors (Lipinski definition) is 3. The van der Waals surface area contributed by atoms with Gasteiger partial charge in [0.15, 0.2) is 22.5 Å². The van der Waals surface area contributed by atoms with Crippen molar-refractivity contribution >= 4 is 47.1 Å². The van der Waals surface area contributed by atoms with Crippen LogP contribution in [0.25, 0.3) is 17.1 Å². The molecule has 11 heteroatoms. The van der Waals surface area contributed by atoms with Crippen molar-refractivity contribution in [1.82, 2.24) is 20.2 Å². The molecule has 0 radical (unpaired) electrons. The number of aromatic nitrogens is 3. The van der Waals surface area contributed by atoms with Crippen LogP contribution in [0.5, 0.6) is 11.5 Å². The van der Waals surface area contributed by atoms with E-state index in [9.17, 15) is 15.0 Å². The normalized spacial score (nSPS) is 11.1. The van der Waals surface area contributed by atoms with Gasteiger partial charge in [-0.15, -0.1) is 10.2 Å². The van der Waals surface area contributed by atoms with Crippen LogP contribution in [0.15, 0.2) is 77.0 Å². The van der Waals surface area contributed by atoms with Gasteiger partial charge in [0.2, 0.25) is 0 Å². The molecule has 0 atom stereocenters. The summed E-state index contributed by atoms with van der Waals surface area (Å²) >= 11 is 13.3. The minimum Gasteiger partial charge on any atom is -0.504 e. The average Bonchev–Trinajstić information content (AvgIpc) is 3.25. The quantitative estimate of drug-likeness (QED) is 0.140. The molecule has 8 nitrogen and oxygen atoms in total. The monoisotopic (exact) mass is 513 g/mol. The number of rotatable bonds is 7. The topological polar surface area (TPSA) is 113 Å². The fourth-order valence-corrected chi connectivity index (χ4v) is 3.93. The minimum atomic E-state index is -0.358. The zero-order valence-corrected chi connectivity index (χ0v) is 19.7. The first-order valence-corrected chi connectivity index (χ1v) is 11.6. The van der Waals surface area contributed by atoms with Crippen LogP contribution in [0, 0.1) is 0 Å². The first-order valence-electron chi connectivity index (χ1n) is 9.84. The van der Waals surface area contributed by atoms with E-state index in [1.807, 2.05) is 28.8 Å². The molecule has 0 aliphatic carbocycles. The number of carbonyl (C=O) groups is 1. The van der Waals surface area contributed by atoms with Crippen molar-refractivity contribution in [3.8, 4) is 28.6 Å². The van der Waals surface area contributed by atoms with Gasteiger partial charge in [-0.2, -0.15) is 5.10 Å². The predicted octanol–water partition coefficient (Wildman–Crippen LogP) is 4.89. The second-order valence-electron chi connectivity index (χ2n) is 6.95. The largest absolute Gasteiger partial charge is 0.504 e. The van der Waals surface area contributed by atoms with Gasteiger partial charge in [0.05, 0.1) is 12.0 Å². The van der Waals surface area contributed by atoms with Crippen LogP contribution in [0.1, 0.15) is 5.56 Å². The Hall–Kier alpha value is -3.53. The van der Waals surface area contributed by atoms with Gasteiger partial charge in [-0.25, -0.2) is 5.43 Å². The fourth-order valence-electron chi connectivity index (χ4n) is 2.93. The van der Waals surface area contributed by atoms with Gasteiger partial charge < -0.3 is 10.2 Å². The number of nitrogens with zero attached hydrogens (tertiary/aromatic N) is 4. The molecule has 34 heavy (non-hydrogen) atoms. The predicted molar refractivity (Wildman–Crippen MR) is 133 cm³/mol. The summed E-state index contributed by atoms with van der Waals surface area (Å²) in [5.41, 5.74) is 4.53. The zero-order chi connectivity index (χ0) is 24.1. The summed E-state index contributed by atoms with van der Waals surface area (Å²) in [7, 11) is 0. The van der Waals surface area contributed by atoms with E-state index in [1.165, 1.54) is 30.1 Å². The first kappa shape index (κ1) is 23.6. The molecular weight excluding hydrogens is 497 g/mol. The summed E-state index contributed by atoms with van der Waals surface area (Å²) in [6.45, 7) is 0. The molecule has 0 unspecified atom stereocenters. The molecule has 4 rings (SSSR count). The third kappa shape index (κ3) is 5.69. The van der Waals surface area contributed by atoms with E-state index in [-0.39, 0.29) is 23.2 Å². The van der Waals surface area contributed by atoms with Crippen LogP contribution in [-0.2, 0) is 4.79 Å². The number of amides is 1. The van der Waals surface area contributed by atoms with Gasteiger partial charge in [0.1, 0.15) is 0 Å². The molecule has 0 saturated heterocycles. The number of hydrogen-bond acceptors (Lipinski definition) is 7. The summed E-state index contributed by atoms with van der Waals surface area (Å²) < 4.78 is 1.83. The summed E-state index contributed by atoms with van der Waals surface area (Å²) in [6.07, 6.45) is 1.36. The van der Waals surface area contributed by atoms with Gasteiger partial charge in [0.25, 0.3) is 5.91 Å². The number of hydrazone groups is 1. The third-order valence-corrected chi connectivity index (χ3v) is 5.99. The van der Waals surface area contributed by atoms with E-state index in [0.29, 0.717) is 26.6 Å². The number of halogens is 2. The Kier molecular flexibility index (Phi) is 7.36. The standard InChI is InChI=1S/C23H17Cl2N5O3S/c24-16-4-2-15(3-5-16)22-28-29-23(30(22)18-8-6-17(25)7-9-18)34-13-21(33)27-26-12-14-1-10-19(31)20(32)11-14/h1-12,31-32H,13H2,(H,27,33). The number of aromatic hydroxyl groups is 2. The molecule has 1 heterocycles. The van der Waals surface area contributed by atoms with Crippen LogP contribution in [0.4, 0.5) is 0 Å². The van der Waals surface area contributed by atoms with Crippen LogP contribution >= 0.6 is 35.0 Å². The second-order valence-corrected chi connectivity index (χ2v) is 8.77.